The number of hydrogen-bond donors (Lipinski definition) is 0. The van der Waals surface area contributed by atoms with Crippen LogP contribution in [0.5, 0.6) is 0 Å². The summed E-state index contributed by atoms with van der Waals surface area (Å²) in [5.74, 6) is 1.06. The maximum Gasteiger partial charge on any atom is 0.305 e. The summed E-state index contributed by atoms with van der Waals surface area (Å²) in [6, 6.07) is 0. The lowest BCUT2D eigenvalue weighted by Gasteiger charge is -2.29. The second-order valence-electron chi connectivity index (χ2n) is 5.21. The van der Waals surface area contributed by atoms with E-state index in [4.69, 9.17) is 4.12 Å². The largest absolute Gasteiger partial charge is 0.440 e. The van der Waals surface area contributed by atoms with Gasteiger partial charge in [0.2, 0.25) is 0 Å². The van der Waals surface area contributed by atoms with E-state index in [0.717, 1.165) is 5.84 Å². The summed E-state index contributed by atoms with van der Waals surface area (Å²) in [6.45, 7) is 13.0. The van der Waals surface area contributed by atoms with Crippen LogP contribution in [-0.4, -0.2) is 41.6 Å². The van der Waals surface area contributed by atoms with Crippen molar-refractivity contribution < 1.29 is 4.12 Å². The quantitative estimate of drug-likeness (QED) is 0.424. The van der Waals surface area contributed by atoms with Crippen molar-refractivity contribution >= 4 is 22.6 Å². The average Bonchev–Trinajstić information content (AvgIpc) is 1.78. The van der Waals surface area contributed by atoms with E-state index < -0.39 is 16.8 Å². The third-order valence-electron chi connectivity index (χ3n) is 1.63. The molecule has 0 spiro atoms. The molecule has 0 fully saturated rings. The number of nitrogens with zero attached hydrogens (tertiary/aromatic N) is 2. The molecule has 0 aromatic heterocycles. The normalized spacial score (nSPS) is 14.4. The predicted octanol–water partition coefficient (Wildman–Crippen LogP) is 2.52. The van der Waals surface area contributed by atoms with Crippen molar-refractivity contribution in [1.29, 1.82) is 0 Å². The molecule has 0 aliphatic rings. The van der Waals surface area contributed by atoms with Gasteiger partial charge in [0, 0.05) is 14.1 Å². The highest BCUT2D eigenvalue weighted by Gasteiger charge is 2.29. The number of rotatable bonds is 3. The van der Waals surface area contributed by atoms with Crippen molar-refractivity contribution in [2.75, 3.05) is 14.1 Å². The monoisotopic (exact) mass is 232 g/mol. The third-order valence-corrected chi connectivity index (χ3v) is 6.94. The van der Waals surface area contributed by atoms with Gasteiger partial charge in [-0.15, -0.1) is 0 Å². The second-order valence-corrected chi connectivity index (χ2v) is 13.4. The molecule has 14 heavy (non-hydrogen) atoms. The maximum absolute atomic E-state index is 6.11. The Morgan fingerprint density at radius 3 is 1.79 bits per heavy atom. The van der Waals surface area contributed by atoms with Gasteiger partial charge in [-0.2, -0.15) is 0 Å². The first-order chi connectivity index (χ1) is 6.03. The van der Waals surface area contributed by atoms with E-state index in [9.17, 15) is 0 Å². The lowest BCUT2D eigenvalue weighted by Crippen LogP contribution is -2.42. The van der Waals surface area contributed by atoms with Crippen LogP contribution >= 0.6 is 0 Å². The summed E-state index contributed by atoms with van der Waals surface area (Å²) in [5, 5.41) is 0. The minimum absolute atomic E-state index is 1.06. The van der Waals surface area contributed by atoms with E-state index in [1.165, 1.54) is 0 Å². The van der Waals surface area contributed by atoms with Crippen LogP contribution < -0.4 is 0 Å². The topological polar surface area (TPSA) is 24.8 Å². The molecule has 3 nitrogen and oxygen atoms in total. The Morgan fingerprint density at radius 2 is 1.50 bits per heavy atom. The standard InChI is InChI=1S/C9H24N2OSi2/c1-9(11(2)3)10-14(7,8)12-13(4,5)6/h1-8H3/b10-9+. The molecule has 0 saturated carbocycles. The van der Waals surface area contributed by atoms with Crippen molar-refractivity contribution in [2.45, 2.75) is 39.7 Å². The highest BCUT2D eigenvalue weighted by molar-refractivity contribution is 6.83. The highest BCUT2D eigenvalue weighted by Crippen LogP contribution is 2.15. The first-order valence-corrected chi connectivity index (χ1v) is 11.2. The van der Waals surface area contributed by atoms with E-state index in [-0.39, 0.29) is 0 Å². The van der Waals surface area contributed by atoms with Crippen LogP contribution in [-0.2, 0) is 4.12 Å². The Bertz CT molecular complexity index is 219. The summed E-state index contributed by atoms with van der Waals surface area (Å²) < 4.78 is 10.8. The molecule has 0 saturated heterocycles. The zero-order chi connectivity index (χ0) is 11.6. The molecule has 0 aromatic rings. The Hall–Kier alpha value is -0.136. The van der Waals surface area contributed by atoms with Gasteiger partial charge in [0.05, 0.1) is 5.84 Å². The van der Waals surface area contributed by atoms with Crippen LogP contribution in [0.3, 0.4) is 0 Å². The molecule has 84 valence electrons. The van der Waals surface area contributed by atoms with Gasteiger partial charge in [-0.05, 0) is 39.7 Å². The van der Waals surface area contributed by atoms with Gasteiger partial charge >= 0.3 is 8.48 Å². The van der Waals surface area contributed by atoms with Crippen LogP contribution in [0.2, 0.25) is 32.7 Å². The molecule has 0 aliphatic heterocycles. The van der Waals surface area contributed by atoms with Gasteiger partial charge in [0.1, 0.15) is 0 Å². The maximum atomic E-state index is 6.11. The Balaban J connectivity index is 4.56. The molecule has 0 aromatic carbocycles. The molecule has 0 unspecified atom stereocenters. The van der Waals surface area contributed by atoms with Crippen molar-refractivity contribution in [2.24, 2.45) is 4.66 Å². The number of amidine groups is 1. The fraction of sp³-hybridized carbons (Fsp3) is 0.889. The lowest BCUT2D eigenvalue weighted by atomic mass is 10.6. The van der Waals surface area contributed by atoms with Crippen LogP contribution in [0.1, 0.15) is 6.92 Å². The first kappa shape index (κ1) is 13.9. The van der Waals surface area contributed by atoms with Crippen LogP contribution in [0.15, 0.2) is 4.66 Å². The minimum Gasteiger partial charge on any atom is -0.440 e. The molecule has 0 heterocycles. The van der Waals surface area contributed by atoms with Gasteiger partial charge in [-0.1, -0.05) is 0 Å². The van der Waals surface area contributed by atoms with Crippen molar-refractivity contribution in [3.05, 3.63) is 0 Å². The van der Waals surface area contributed by atoms with Gasteiger partial charge in [-0.3, -0.25) is 4.66 Å². The van der Waals surface area contributed by atoms with Gasteiger partial charge in [0.15, 0.2) is 8.32 Å². The molecule has 0 radical (unpaired) electrons. The van der Waals surface area contributed by atoms with E-state index in [2.05, 4.69) is 37.4 Å². The SMILES string of the molecule is C/C(=N\[Si](C)(C)O[Si](C)(C)C)N(C)C. The molecular weight excluding hydrogens is 208 g/mol. The fourth-order valence-electron chi connectivity index (χ4n) is 1.26. The highest BCUT2D eigenvalue weighted by atomic mass is 28.4. The van der Waals surface area contributed by atoms with E-state index in [0.29, 0.717) is 0 Å². The van der Waals surface area contributed by atoms with E-state index >= 15 is 0 Å². The molecule has 5 heteroatoms. The molecule has 0 aliphatic carbocycles. The van der Waals surface area contributed by atoms with Gasteiger partial charge in [0.25, 0.3) is 0 Å². The number of hydrogen-bond acceptors (Lipinski definition) is 2. The third kappa shape index (κ3) is 6.34. The van der Waals surface area contributed by atoms with Gasteiger partial charge in [-0.25, -0.2) is 0 Å². The van der Waals surface area contributed by atoms with Crippen molar-refractivity contribution in [3.63, 3.8) is 0 Å². The fourth-order valence-corrected chi connectivity index (χ4v) is 8.42. The average molecular weight is 232 g/mol. The van der Waals surface area contributed by atoms with E-state index in [1.54, 1.807) is 0 Å². The van der Waals surface area contributed by atoms with Crippen molar-refractivity contribution in [3.8, 4) is 0 Å². The molecule has 0 atom stereocenters. The van der Waals surface area contributed by atoms with E-state index in [1.807, 2.05) is 25.9 Å². The van der Waals surface area contributed by atoms with Crippen LogP contribution in [0.25, 0.3) is 0 Å². The molecule has 0 rings (SSSR count). The van der Waals surface area contributed by atoms with Crippen molar-refractivity contribution in [1.82, 2.24) is 4.90 Å². The zero-order valence-corrected chi connectivity index (χ0v) is 12.8. The molecular formula is C9H24N2OSi2. The molecule has 0 N–H and O–H groups in total. The summed E-state index contributed by atoms with van der Waals surface area (Å²) in [7, 11) is 0.709. The smallest absolute Gasteiger partial charge is 0.305 e. The van der Waals surface area contributed by atoms with Crippen LogP contribution in [0.4, 0.5) is 0 Å². The Labute approximate surface area is 90.5 Å². The summed E-state index contributed by atoms with van der Waals surface area (Å²) in [4.78, 5) is 2.03. The van der Waals surface area contributed by atoms with Gasteiger partial charge < -0.3 is 9.02 Å². The summed E-state index contributed by atoms with van der Waals surface area (Å²) >= 11 is 0. The second kappa shape index (κ2) is 4.59. The zero-order valence-electron chi connectivity index (χ0n) is 10.8. The molecule has 0 amide bonds. The summed E-state index contributed by atoms with van der Waals surface area (Å²) in [6.07, 6.45) is 0. The Morgan fingerprint density at radius 1 is 1.07 bits per heavy atom. The summed E-state index contributed by atoms with van der Waals surface area (Å²) in [5.41, 5.74) is 0. The minimum atomic E-state index is -1.86. The Kier molecular flexibility index (Phi) is 4.54. The molecule has 0 bridgehead atoms. The predicted molar refractivity (Wildman–Crippen MR) is 68.7 cm³/mol. The lowest BCUT2D eigenvalue weighted by molar-refractivity contribution is 0.547. The van der Waals surface area contributed by atoms with Crippen LogP contribution in [0, 0.1) is 0 Å². The first-order valence-electron chi connectivity index (χ1n) is 4.97.